The summed E-state index contributed by atoms with van der Waals surface area (Å²) in [4.78, 5) is 27.7. The highest BCUT2D eigenvalue weighted by molar-refractivity contribution is 5.88. The minimum Gasteiger partial charge on any atom is -0.493 e. The largest absolute Gasteiger partial charge is 0.493 e. The molecule has 2 bridgehead atoms. The minimum atomic E-state index is -0.457. The Hall–Kier alpha value is -4.38. The van der Waals surface area contributed by atoms with E-state index in [4.69, 9.17) is 37.9 Å². The SMILES string of the molecule is COc1cc(/C=C/C(=O)OC2CC3C[C@H](OC(=O)/C=C/c4cc(OC)c(OC)c(OC)c4)C(C2)N3C)cc(OC)c1OC. The predicted octanol–water partition coefficient (Wildman–Crippen LogP) is 4.15. The Balaban J connectivity index is 1.36. The summed E-state index contributed by atoms with van der Waals surface area (Å²) in [5.74, 6) is 1.98. The molecule has 43 heavy (non-hydrogen) atoms. The van der Waals surface area contributed by atoms with Gasteiger partial charge < -0.3 is 37.9 Å². The van der Waals surface area contributed by atoms with Gasteiger partial charge in [-0.05, 0) is 54.6 Å². The van der Waals surface area contributed by atoms with Crippen LogP contribution in [-0.4, -0.2) is 90.8 Å². The van der Waals surface area contributed by atoms with Crippen molar-refractivity contribution < 1.29 is 47.5 Å². The van der Waals surface area contributed by atoms with Gasteiger partial charge >= 0.3 is 11.9 Å². The minimum absolute atomic E-state index is 0.0610. The number of esters is 2. The molecular weight excluding hydrogens is 558 g/mol. The zero-order valence-corrected chi connectivity index (χ0v) is 25.6. The van der Waals surface area contributed by atoms with Gasteiger partial charge in [0.15, 0.2) is 23.0 Å². The van der Waals surface area contributed by atoms with E-state index in [2.05, 4.69) is 4.90 Å². The number of nitrogens with zero attached hydrogens (tertiary/aromatic N) is 1. The number of benzene rings is 2. The Morgan fingerprint density at radius 2 is 1.09 bits per heavy atom. The number of likely N-dealkylation sites (N-methyl/N-ethyl adjacent to an activating group) is 1. The summed E-state index contributed by atoms with van der Waals surface area (Å²) in [5.41, 5.74) is 1.39. The average Bonchev–Trinajstić information content (AvgIpc) is 3.17. The quantitative estimate of drug-likeness (QED) is 0.260. The molecule has 4 atom stereocenters. The average molecular weight is 598 g/mol. The van der Waals surface area contributed by atoms with Gasteiger partial charge in [0.25, 0.3) is 0 Å². The number of fused-ring (bicyclic) bond motifs is 2. The number of hydrogen-bond donors (Lipinski definition) is 0. The highest BCUT2D eigenvalue weighted by Crippen LogP contribution is 2.40. The van der Waals surface area contributed by atoms with Crippen LogP contribution in [0.25, 0.3) is 12.2 Å². The van der Waals surface area contributed by atoms with Gasteiger partial charge in [0, 0.05) is 37.5 Å². The Morgan fingerprint density at radius 3 is 1.51 bits per heavy atom. The second-order valence-electron chi connectivity index (χ2n) is 10.2. The summed E-state index contributed by atoms with van der Waals surface area (Å²) in [6, 6.07) is 7.06. The van der Waals surface area contributed by atoms with Gasteiger partial charge in [0.05, 0.1) is 48.7 Å². The van der Waals surface area contributed by atoms with Gasteiger partial charge in [-0.3, -0.25) is 4.90 Å². The van der Waals surface area contributed by atoms with Crippen LogP contribution in [0.5, 0.6) is 34.5 Å². The van der Waals surface area contributed by atoms with Gasteiger partial charge in [-0.1, -0.05) is 0 Å². The van der Waals surface area contributed by atoms with E-state index in [1.807, 2.05) is 7.05 Å². The fourth-order valence-corrected chi connectivity index (χ4v) is 5.71. The molecule has 2 aromatic carbocycles. The maximum Gasteiger partial charge on any atom is 0.331 e. The van der Waals surface area contributed by atoms with E-state index < -0.39 is 11.9 Å². The molecule has 2 aliphatic rings. The fourth-order valence-electron chi connectivity index (χ4n) is 5.71. The summed E-state index contributed by atoms with van der Waals surface area (Å²) in [6.45, 7) is 0. The molecule has 0 saturated carbocycles. The lowest BCUT2D eigenvalue weighted by Gasteiger charge is -2.36. The third kappa shape index (κ3) is 7.16. The fraction of sp³-hybridized carbons (Fsp3) is 0.438. The number of rotatable bonds is 12. The van der Waals surface area contributed by atoms with E-state index in [0.29, 0.717) is 64.9 Å². The monoisotopic (exact) mass is 597 g/mol. The molecule has 2 heterocycles. The van der Waals surface area contributed by atoms with Crippen molar-refractivity contribution in [3.05, 3.63) is 47.5 Å². The molecular formula is C32H39NO10. The maximum atomic E-state index is 12.8. The van der Waals surface area contributed by atoms with E-state index in [1.165, 1.54) is 54.8 Å². The summed E-state index contributed by atoms with van der Waals surface area (Å²) >= 11 is 0. The molecule has 2 saturated heterocycles. The van der Waals surface area contributed by atoms with E-state index in [-0.39, 0.29) is 24.3 Å². The molecule has 11 nitrogen and oxygen atoms in total. The molecule has 0 aliphatic carbocycles. The molecule has 0 N–H and O–H groups in total. The van der Waals surface area contributed by atoms with E-state index in [1.54, 1.807) is 36.4 Å². The zero-order valence-electron chi connectivity index (χ0n) is 25.6. The second kappa shape index (κ2) is 14.2. The number of ether oxygens (including phenoxy) is 8. The highest BCUT2D eigenvalue weighted by Gasteiger charge is 2.47. The first-order valence-electron chi connectivity index (χ1n) is 13.8. The van der Waals surface area contributed by atoms with Crippen LogP contribution < -0.4 is 28.4 Å². The molecule has 0 radical (unpaired) electrons. The first kappa shape index (κ1) is 31.6. The van der Waals surface area contributed by atoms with E-state index >= 15 is 0 Å². The van der Waals surface area contributed by atoms with Crippen LogP contribution in [0.1, 0.15) is 30.4 Å². The summed E-state index contributed by atoms with van der Waals surface area (Å²) in [5, 5.41) is 0. The number of carbonyl (C=O) groups excluding carboxylic acids is 2. The second-order valence-corrected chi connectivity index (χ2v) is 10.2. The van der Waals surface area contributed by atoms with Crippen molar-refractivity contribution in [3.63, 3.8) is 0 Å². The van der Waals surface area contributed by atoms with Gasteiger partial charge in [0.2, 0.25) is 11.5 Å². The smallest absolute Gasteiger partial charge is 0.331 e. The molecule has 0 amide bonds. The summed E-state index contributed by atoms with van der Waals surface area (Å²) < 4.78 is 43.9. The van der Waals surface area contributed by atoms with Crippen LogP contribution in [0.2, 0.25) is 0 Å². The molecule has 11 heteroatoms. The molecule has 0 spiro atoms. The number of hydrogen-bond acceptors (Lipinski definition) is 11. The van der Waals surface area contributed by atoms with Gasteiger partial charge in [-0.2, -0.15) is 0 Å². The van der Waals surface area contributed by atoms with Crippen LogP contribution in [0.3, 0.4) is 0 Å². The van der Waals surface area contributed by atoms with Gasteiger partial charge in [-0.15, -0.1) is 0 Å². The Morgan fingerprint density at radius 1 is 0.651 bits per heavy atom. The van der Waals surface area contributed by atoms with Crippen molar-refractivity contribution in [1.82, 2.24) is 4.90 Å². The van der Waals surface area contributed by atoms with Crippen LogP contribution in [0.15, 0.2) is 36.4 Å². The van der Waals surface area contributed by atoms with Crippen molar-refractivity contribution in [2.24, 2.45) is 0 Å². The molecule has 232 valence electrons. The van der Waals surface area contributed by atoms with Crippen molar-refractivity contribution >= 4 is 24.1 Å². The van der Waals surface area contributed by atoms with Crippen LogP contribution in [-0.2, 0) is 19.1 Å². The lowest BCUT2D eigenvalue weighted by molar-refractivity contribution is -0.149. The van der Waals surface area contributed by atoms with E-state index in [9.17, 15) is 9.59 Å². The Bertz CT molecular complexity index is 1320. The van der Waals surface area contributed by atoms with Gasteiger partial charge in [0.1, 0.15) is 12.2 Å². The van der Waals surface area contributed by atoms with Crippen molar-refractivity contribution in [3.8, 4) is 34.5 Å². The predicted molar refractivity (Wildman–Crippen MR) is 159 cm³/mol. The first-order chi connectivity index (χ1) is 20.7. The molecule has 2 aliphatic heterocycles. The molecule has 4 rings (SSSR count). The molecule has 3 unspecified atom stereocenters. The summed E-state index contributed by atoms with van der Waals surface area (Å²) in [6.07, 6.45) is 7.33. The molecule has 2 fully saturated rings. The Kier molecular flexibility index (Phi) is 10.4. The molecule has 0 aromatic heterocycles. The van der Waals surface area contributed by atoms with Crippen LogP contribution in [0, 0.1) is 0 Å². The van der Waals surface area contributed by atoms with Crippen molar-refractivity contribution in [2.45, 2.75) is 43.6 Å². The number of carbonyl (C=O) groups is 2. The third-order valence-electron chi connectivity index (χ3n) is 7.82. The van der Waals surface area contributed by atoms with E-state index in [0.717, 1.165) is 0 Å². The standard InChI is InChI=1S/C32H39NO10/c1-33-21-16-22(42-29(34)10-8-19-12-25(36-2)31(40-6)26(13-19)37-3)18-23(33)24(17-21)43-30(35)11-9-20-14-27(38-4)32(41-7)28(15-20)39-5/h8-15,21-24H,16-18H2,1-7H3/b10-8+,11-9+/t21?,22?,23?,24-/m0/s1. The van der Waals surface area contributed by atoms with Crippen LogP contribution >= 0.6 is 0 Å². The van der Waals surface area contributed by atoms with Crippen LogP contribution in [0.4, 0.5) is 0 Å². The normalized spacial score (nSPS) is 21.5. The Labute approximate surface area is 251 Å². The maximum absolute atomic E-state index is 12.8. The number of methoxy groups -OCH3 is 6. The highest BCUT2D eigenvalue weighted by atomic mass is 16.6. The van der Waals surface area contributed by atoms with Crippen molar-refractivity contribution in [1.29, 1.82) is 0 Å². The topological polar surface area (TPSA) is 111 Å². The van der Waals surface area contributed by atoms with Crippen molar-refractivity contribution in [2.75, 3.05) is 49.7 Å². The zero-order chi connectivity index (χ0) is 31.1. The number of piperidine rings is 1. The summed E-state index contributed by atoms with van der Waals surface area (Å²) in [7, 11) is 11.2. The third-order valence-corrected chi connectivity index (χ3v) is 7.82. The molecule has 2 aromatic rings. The lowest BCUT2D eigenvalue weighted by atomic mass is 10.0. The lowest BCUT2D eigenvalue weighted by Crippen LogP contribution is -2.45. The van der Waals surface area contributed by atoms with Gasteiger partial charge in [-0.25, -0.2) is 9.59 Å². The first-order valence-corrected chi connectivity index (χ1v) is 13.8.